The lowest BCUT2D eigenvalue weighted by atomic mass is 10.5. The predicted molar refractivity (Wildman–Crippen MR) is 56.6 cm³/mol. The van der Waals surface area contributed by atoms with E-state index >= 15 is 0 Å². The van der Waals surface area contributed by atoms with E-state index in [1.54, 1.807) is 0 Å². The minimum absolute atomic E-state index is 0.0399. The lowest BCUT2D eigenvalue weighted by molar-refractivity contribution is -0.142. The maximum atomic E-state index is 11.3. The van der Waals surface area contributed by atoms with Crippen molar-refractivity contribution in [3.63, 3.8) is 0 Å². The molecule has 0 aromatic heterocycles. The largest absolute Gasteiger partial charge is 0.480 e. The number of nitrogens with one attached hydrogen (secondary N) is 2. The van der Waals surface area contributed by atoms with Crippen LogP contribution in [0.4, 0.5) is 4.79 Å². The number of carbonyl (C=O) groups is 4. The van der Waals surface area contributed by atoms with Gasteiger partial charge in [-0.1, -0.05) is 0 Å². The minimum Gasteiger partial charge on any atom is -0.480 e. The summed E-state index contributed by atoms with van der Waals surface area (Å²) in [7, 11) is 0. The Morgan fingerprint density at radius 2 is 2.17 bits per heavy atom. The number of rotatable bonds is 7. The van der Waals surface area contributed by atoms with E-state index in [0.29, 0.717) is 0 Å². The lowest BCUT2D eigenvalue weighted by Gasteiger charge is -2.11. The van der Waals surface area contributed by atoms with Crippen LogP contribution in [0.3, 0.4) is 0 Å². The van der Waals surface area contributed by atoms with Crippen LogP contribution in [0.5, 0.6) is 0 Å². The monoisotopic (exact) mass is 259 g/mol. The third-order valence-electron chi connectivity index (χ3n) is 2.03. The number of amides is 4. The second-order valence-corrected chi connectivity index (χ2v) is 3.43. The van der Waals surface area contributed by atoms with Gasteiger partial charge < -0.3 is 20.5 Å². The van der Waals surface area contributed by atoms with Gasteiger partial charge in [-0.3, -0.25) is 14.5 Å². The van der Waals surface area contributed by atoms with Gasteiger partial charge >= 0.3 is 12.0 Å². The molecule has 0 bridgehead atoms. The van der Waals surface area contributed by atoms with Gasteiger partial charge in [-0.25, -0.2) is 9.59 Å². The maximum absolute atomic E-state index is 11.3. The van der Waals surface area contributed by atoms with E-state index in [1.165, 1.54) is 0 Å². The molecular formula is C9H13N3O6. The highest BCUT2D eigenvalue weighted by atomic mass is 16.5. The zero-order chi connectivity index (χ0) is 13.5. The van der Waals surface area contributed by atoms with Crippen LogP contribution in [0.25, 0.3) is 0 Å². The Morgan fingerprint density at radius 3 is 2.72 bits per heavy atom. The molecule has 1 fully saturated rings. The molecule has 0 spiro atoms. The SMILES string of the molecule is O=C(O)COCCNC(=O)CN1C(=O)CNC1=O. The standard InChI is InChI=1S/C9H13N3O6/c13-6(10-1-2-18-5-8(15)16)4-12-7(14)3-11-9(12)17/h1-5H2,(H,10,13)(H,11,17)(H,15,16). The van der Waals surface area contributed by atoms with E-state index in [9.17, 15) is 19.2 Å². The van der Waals surface area contributed by atoms with E-state index in [2.05, 4.69) is 15.4 Å². The van der Waals surface area contributed by atoms with Crippen molar-refractivity contribution < 1.29 is 29.0 Å². The summed E-state index contributed by atoms with van der Waals surface area (Å²) in [6.07, 6.45) is 0. The molecule has 100 valence electrons. The van der Waals surface area contributed by atoms with Crippen molar-refractivity contribution in [3.8, 4) is 0 Å². The van der Waals surface area contributed by atoms with E-state index in [0.717, 1.165) is 4.90 Å². The summed E-state index contributed by atoms with van der Waals surface area (Å²) in [6, 6.07) is -0.600. The van der Waals surface area contributed by atoms with Crippen molar-refractivity contribution in [2.45, 2.75) is 0 Å². The fourth-order valence-corrected chi connectivity index (χ4v) is 1.24. The zero-order valence-electron chi connectivity index (χ0n) is 9.47. The fraction of sp³-hybridized carbons (Fsp3) is 0.556. The smallest absolute Gasteiger partial charge is 0.329 e. The number of urea groups is 1. The Bertz CT molecular complexity index is 353. The molecule has 0 aromatic rings. The molecule has 1 aliphatic rings. The van der Waals surface area contributed by atoms with Gasteiger partial charge in [0.1, 0.15) is 13.2 Å². The molecule has 1 saturated heterocycles. The van der Waals surface area contributed by atoms with E-state index < -0.39 is 30.4 Å². The van der Waals surface area contributed by atoms with Crippen molar-refractivity contribution >= 4 is 23.8 Å². The molecule has 9 nitrogen and oxygen atoms in total. The van der Waals surface area contributed by atoms with E-state index in [1.807, 2.05) is 0 Å². The molecule has 3 N–H and O–H groups in total. The summed E-state index contributed by atoms with van der Waals surface area (Å²) >= 11 is 0. The van der Waals surface area contributed by atoms with Crippen LogP contribution in [0.2, 0.25) is 0 Å². The molecule has 0 aliphatic carbocycles. The third-order valence-corrected chi connectivity index (χ3v) is 2.03. The highest BCUT2D eigenvalue weighted by Gasteiger charge is 2.29. The molecule has 18 heavy (non-hydrogen) atoms. The average Bonchev–Trinajstić information content (AvgIpc) is 2.60. The minimum atomic E-state index is -1.10. The van der Waals surface area contributed by atoms with Crippen LogP contribution >= 0.6 is 0 Å². The number of imide groups is 1. The summed E-state index contributed by atoms with van der Waals surface area (Å²) in [6.45, 7) is -0.756. The Hall–Kier alpha value is -2.16. The summed E-state index contributed by atoms with van der Waals surface area (Å²) in [5, 5.41) is 12.9. The first-order chi connectivity index (χ1) is 8.50. The normalized spacial score (nSPS) is 14.6. The second kappa shape index (κ2) is 6.55. The van der Waals surface area contributed by atoms with Gasteiger partial charge in [-0.15, -0.1) is 0 Å². The van der Waals surface area contributed by atoms with Crippen LogP contribution in [-0.4, -0.2) is 66.7 Å². The Labute approximate surface area is 102 Å². The van der Waals surface area contributed by atoms with E-state index in [-0.39, 0.29) is 26.2 Å². The van der Waals surface area contributed by atoms with Crippen LogP contribution in [0.1, 0.15) is 0 Å². The number of carboxylic acids is 1. The molecule has 0 saturated carbocycles. The number of carboxylic acid groups (broad SMARTS) is 1. The van der Waals surface area contributed by atoms with Crippen LogP contribution in [0, 0.1) is 0 Å². The molecular weight excluding hydrogens is 246 g/mol. The summed E-state index contributed by atoms with van der Waals surface area (Å²) in [4.78, 5) is 44.5. The first kappa shape index (κ1) is 13.9. The summed E-state index contributed by atoms with van der Waals surface area (Å²) in [5.41, 5.74) is 0. The maximum Gasteiger partial charge on any atom is 0.329 e. The Morgan fingerprint density at radius 1 is 1.44 bits per heavy atom. The van der Waals surface area contributed by atoms with Crippen LogP contribution in [-0.2, 0) is 19.1 Å². The molecule has 0 radical (unpaired) electrons. The van der Waals surface area contributed by atoms with Gasteiger partial charge in [0.05, 0.1) is 13.2 Å². The van der Waals surface area contributed by atoms with Gasteiger partial charge in [-0.05, 0) is 0 Å². The molecule has 0 atom stereocenters. The number of carbonyl (C=O) groups excluding carboxylic acids is 3. The van der Waals surface area contributed by atoms with Gasteiger partial charge in [0.25, 0.3) is 5.91 Å². The van der Waals surface area contributed by atoms with Crippen molar-refractivity contribution in [2.24, 2.45) is 0 Å². The highest BCUT2D eigenvalue weighted by molar-refractivity contribution is 6.04. The molecule has 1 heterocycles. The quantitative estimate of drug-likeness (QED) is 0.350. The lowest BCUT2D eigenvalue weighted by Crippen LogP contribution is -2.41. The van der Waals surface area contributed by atoms with Crippen molar-refractivity contribution in [3.05, 3.63) is 0 Å². The van der Waals surface area contributed by atoms with Gasteiger partial charge in [0.2, 0.25) is 5.91 Å². The molecule has 1 rings (SSSR count). The summed E-state index contributed by atoms with van der Waals surface area (Å²) < 4.78 is 4.68. The Kier molecular flexibility index (Phi) is 5.06. The van der Waals surface area contributed by atoms with Gasteiger partial charge in [0, 0.05) is 6.54 Å². The van der Waals surface area contributed by atoms with Crippen molar-refractivity contribution in [1.29, 1.82) is 0 Å². The first-order valence-corrected chi connectivity index (χ1v) is 5.15. The fourth-order valence-electron chi connectivity index (χ4n) is 1.24. The number of ether oxygens (including phenoxy) is 1. The summed E-state index contributed by atoms with van der Waals surface area (Å²) in [5.74, 6) is -2.07. The highest BCUT2D eigenvalue weighted by Crippen LogP contribution is 1.97. The number of hydrogen-bond donors (Lipinski definition) is 3. The zero-order valence-corrected chi connectivity index (χ0v) is 9.47. The number of nitrogens with zero attached hydrogens (tertiary/aromatic N) is 1. The van der Waals surface area contributed by atoms with Crippen molar-refractivity contribution in [1.82, 2.24) is 15.5 Å². The van der Waals surface area contributed by atoms with Gasteiger partial charge in [-0.2, -0.15) is 0 Å². The van der Waals surface area contributed by atoms with Crippen LogP contribution < -0.4 is 10.6 Å². The molecule has 9 heteroatoms. The topological polar surface area (TPSA) is 125 Å². The predicted octanol–water partition coefficient (Wildman–Crippen LogP) is -2.24. The number of hydrogen-bond acceptors (Lipinski definition) is 5. The van der Waals surface area contributed by atoms with Gasteiger partial charge in [0.15, 0.2) is 0 Å². The molecule has 0 unspecified atom stereocenters. The number of aliphatic carboxylic acids is 1. The average molecular weight is 259 g/mol. The molecule has 1 aliphatic heterocycles. The second-order valence-electron chi connectivity index (χ2n) is 3.43. The van der Waals surface area contributed by atoms with Crippen LogP contribution in [0.15, 0.2) is 0 Å². The Balaban J connectivity index is 2.16. The molecule has 0 aromatic carbocycles. The van der Waals surface area contributed by atoms with E-state index in [4.69, 9.17) is 5.11 Å². The third kappa shape index (κ3) is 4.37. The molecule has 4 amide bonds. The first-order valence-electron chi connectivity index (χ1n) is 5.15. The van der Waals surface area contributed by atoms with Crippen molar-refractivity contribution in [2.75, 3.05) is 32.8 Å².